The van der Waals surface area contributed by atoms with Gasteiger partial charge in [0.2, 0.25) is 0 Å². The van der Waals surface area contributed by atoms with Gasteiger partial charge in [0.25, 0.3) is 0 Å². The number of benzene rings is 1. The van der Waals surface area contributed by atoms with Gasteiger partial charge in [-0.2, -0.15) is 0 Å². The Hall–Kier alpha value is -2.07. The minimum atomic E-state index is 0.543. The van der Waals surface area contributed by atoms with E-state index in [0.717, 1.165) is 11.3 Å². The first-order valence-electron chi connectivity index (χ1n) is 5.56. The average molecular weight is 256 g/mol. The Morgan fingerprint density at radius 2 is 2.06 bits per heavy atom. The van der Waals surface area contributed by atoms with Gasteiger partial charge in [-0.15, -0.1) is 11.3 Å². The topological polar surface area (TPSA) is 48.1 Å². The van der Waals surface area contributed by atoms with E-state index in [2.05, 4.69) is 17.1 Å². The summed E-state index contributed by atoms with van der Waals surface area (Å²) < 4.78 is 6.47. The van der Waals surface area contributed by atoms with Crippen LogP contribution in [0.5, 0.6) is 5.75 Å². The van der Waals surface area contributed by atoms with Gasteiger partial charge in [-0.05, 0) is 41.8 Å². The molecule has 0 unspecified atom stereocenters. The summed E-state index contributed by atoms with van der Waals surface area (Å²) in [7, 11) is 1.68. The highest BCUT2D eigenvalue weighted by Gasteiger charge is 2.05. The third kappa shape index (κ3) is 1.91. The van der Waals surface area contributed by atoms with Crippen LogP contribution in [-0.2, 0) is 0 Å². The summed E-state index contributed by atoms with van der Waals surface area (Å²) in [5.74, 6) is 1.42. The SMILES string of the molecule is COc1ccc2sc(-c3ccc(N)nc3)cc2c1. The zero-order valence-electron chi connectivity index (χ0n) is 9.88. The Bertz CT molecular complexity index is 689. The molecule has 2 N–H and O–H groups in total. The molecule has 0 saturated carbocycles. The van der Waals surface area contributed by atoms with Crippen LogP contribution in [0.3, 0.4) is 0 Å². The summed E-state index contributed by atoms with van der Waals surface area (Å²) in [6.45, 7) is 0. The second-order valence-corrected chi connectivity index (χ2v) is 5.07. The third-order valence-corrected chi connectivity index (χ3v) is 3.96. The number of fused-ring (bicyclic) bond motifs is 1. The molecular formula is C14H12N2OS. The van der Waals surface area contributed by atoms with Crippen LogP contribution in [0.2, 0.25) is 0 Å². The monoisotopic (exact) mass is 256 g/mol. The number of hydrogen-bond acceptors (Lipinski definition) is 4. The molecule has 3 aromatic rings. The van der Waals surface area contributed by atoms with Crippen molar-refractivity contribution >= 4 is 27.2 Å². The molecule has 0 radical (unpaired) electrons. The van der Waals surface area contributed by atoms with E-state index in [1.807, 2.05) is 24.3 Å². The number of methoxy groups -OCH3 is 1. The van der Waals surface area contributed by atoms with E-state index < -0.39 is 0 Å². The first kappa shape index (κ1) is 11.0. The quantitative estimate of drug-likeness (QED) is 0.762. The van der Waals surface area contributed by atoms with Crippen LogP contribution in [0, 0.1) is 0 Å². The lowest BCUT2D eigenvalue weighted by Gasteiger charge is -1.97. The number of nitrogens with zero attached hydrogens (tertiary/aromatic N) is 1. The number of ether oxygens (including phenoxy) is 1. The lowest BCUT2D eigenvalue weighted by atomic mass is 10.2. The Balaban J connectivity index is 2.10. The maximum absolute atomic E-state index is 5.59. The molecule has 0 aliphatic heterocycles. The van der Waals surface area contributed by atoms with Crippen molar-refractivity contribution in [3.8, 4) is 16.2 Å². The number of nitrogen functional groups attached to an aromatic ring is 1. The predicted octanol–water partition coefficient (Wildman–Crippen LogP) is 3.55. The fraction of sp³-hybridized carbons (Fsp3) is 0.0714. The van der Waals surface area contributed by atoms with Crippen molar-refractivity contribution in [3.63, 3.8) is 0 Å². The molecule has 0 aliphatic carbocycles. The van der Waals surface area contributed by atoms with Crippen LogP contribution < -0.4 is 10.5 Å². The maximum Gasteiger partial charge on any atom is 0.123 e. The van der Waals surface area contributed by atoms with E-state index in [4.69, 9.17) is 10.5 Å². The van der Waals surface area contributed by atoms with Gasteiger partial charge in [0.1, 0.15) is 11.6 Å². The van der Waals surface area contributed by atoms with Crippen LogP contribution in [0.1, 0.15) is 0 Å². The molecule has 0 amide bonds. The first-order valence-corrected chi connectivity index (χ1v) is 6.37. The molecule has 0 aliphatic rings. The smallest absolute Gasteiger partial charge is 0.123 e. The van der Waals surface area contributed by atoms with Crippen LogP contribution >= 0.6 is 11.3 Å². The van der Waals surface area contributed by atoms with Crippen LogP contribution in [0.4, 0.5) is 5.82 Å². The van der Waals surface area contributed by atoms with E-state index >= 15 is 0 Å². The lowest BCUT2D eigenvalue weighted by molar-refractivity contribution is 0.415. The third-order valence-electron chi connectivity index (χ3n) is 2.79. The second kappa shape index (κ2) is 4.31. The van der Waals surface area contributed by atoms with Crippen LogP contribution in [0.25, 0.3) is 20.5 Å². The molecule has 1 aromatic carbocycles. The van der Waals surface area contributed by atoms with Crippen LogP contribution in [0.15, 0.2) is 42.6 Å². The largest absolute Gasteiger partial charge is 0.497 e. The van der Waals surface area contributed by atoms with Crippen molar-refractivity contribution in [2.45, 2.75) is 0 Å². The second-order valence-electron chi connectivity index (χ2n) is 3.99. The molecule has 0 fully saturated rings. The van der Waals surface area contributed by atoms with Crippen molar-refractivity contribution in [1.29, 1.82) is 0 Å². The van der Waals surface area contributed by atoms with Crippen molar-refractivity contribution in [1.82, 2.24) is 4.98 Å². The number of nitrogens with two attached hydrogens (primary N) is 1. The predicted molar refractivity (Wildman–Crippen MR) is 76.0 cm³/mol. The Kier molecular flexibility index (Phi) is 2.64. The fourth-order valence-electron chi connectivity index (χ4n) is 1.84. The lowest BCUT2D eigenvalue weighted by Crippen LogP contribution is -1.87. The highest BCUT2D eigenvalue weighted by molar-refractivity contribution is 7.22. The minimum Gasteiger partial charge on any atom is -0.497 e. The van der Waals surface area contributed by atoms with Gasteiger partial charge in [-0.25, -0.2) is 4.98 Å². The summed E-state index contributed by atoms with van der Waals surface area (Å²) in [4.78, 5) is 5.31. The van der Waals surface area contributed by atoms with Gasteiger partial charge in [0.05, 0.1) is 7.11 Å². The Morgan fingerprint density at radius 1 is 1.17 bits per heavy atom. The first-order chi connectivity index (χ1) is 8.76. The van der Waals surface area contributed by atoms with Gasteiger partial charge in [0, 0.05) is 21.3 Å². The standard InChI is InChI=1S/C14H12N2OS/c1-17-11-3-4-12-10(6-11)7-13(18-12)9-2-5-14(15)16-8-9/h2-8H,1H3,(H2,15,16). The number of anilines is 1. The van der Waals surface area contributed by atoms with Gasteiger partial charge < -0.3 is 10.5 Å². The van der Waals surface area contributed by atoms with Gasteiger partial charge in [-0.3, -0.25) is 0 Å². The van der Waals surface area contributed by atoms with Gasteiger partial charge in [-0.1, -0.05) is 0 Å². The maximum atomic E-state index is 5.59. The Morgan fingerprint density at radius 3 is 2.78 bits per heavy atom. The number of hydrogen-bond donors (Lipinski definition) is 1. The number of pyridine rings is 1. The molecule has 0 bridgehead atoms. The molecular weight excluding hydrogens is 244 g/mol. The average Bonchev–Trinajstić information content (AvgIpc) is 2.82. The molecule has 0 spiro atoms. The Labute approximate surface area is 109 Å². The van der Waals surface area contributed by atoms with E-state index in [9.17, 15) is 0 Å². The summed E-state index contributed by atoms with van der Waals surface area (Å²) >= 11 is 1.74. The zero-order chi connectivity index (χ0) is 12.5. The van der Waals surface area contributed by atoms with Gasteiger partial charge >= 0.3 is 0 Å². The van der Waals surface area contributed by atoms with Gasteiger partial charge in [0.15, 0.2) is 0 Å². The summed E-state index contributed by atoms with van der Waals surface area (Å²) in [5, 5.41) is 1.19. The summed E-state index contributed by atoms with van der Waals surface area (Å²) in [5.41, 5.74) is 6.68. The molecule has 2 aromatic heterocycles. The van der Waals surface area contributed by atoms with E-state index in [-0.39, 0.29) is 0 Å². The van der Waals surface area contributed by atoms with E-state index in [0.29, 0.717) is 5.82 Å². The van der Waals surface area contributed by atoms with Crippen molar-refractivity contribution in [2.75, 3.05) is 12.8 Å². The van der Waals surface area contributed by atoms with Crippen LogP contribution in [-0.4, -0.2) is 12.1 Å². The minimum absolute atomic E-state index is 0.543. The molecule has 2 heterocycles. The number of thiophene rings is 1. The zero-order valence-corrected chi connectivity index (χ0v) is 10.7. The molecule has 3 rings (SSSR count). The number of rotatable bonds is 2. The van der Waals surface area contributed by atoms with Crippen molar-refractivity contribution < 1.29 is 4.74 Å². The normalized spacial score (nSPS) is 10.7. The highest BCUT2D eigenvalue weighted by Crippen LogP contribution is 2.34. The molecule has 0 saturated heterocycles. The van der Waals surface area contributed by atoms with Crippen molar-refractivity contribution in [3.05, 3.63) is 42.6 Å². The molecule has 3 nitrogen and oxygen atoms in total. The number of aromatic nitrogens is 1. The highest BCUT2D eigenvalue weighted by atomic mass is 32.1. The fourth-order valence-corrected chi connectivity index (χ4v) is 2.87. The molecule has 0 atom stereocenters. The summed E-state index contributed by atoms with van der Waals surface area (Å²) in [6, 6.07) is 12.1. The molecule has 90 valence electrons. The molecule has 18 heavy (non-hydrogen) atoms. The van der Waals surface area contributed by atoms with Crippen molar-refractivity contribution in [2.24, 2.45) is 0 Å². The van der Waals surface area contributed by atoms with E-state index in [1.54, 1.807) is 24.6 Å². The molecule has 4 heteroatoms. The van der Waals surface area contributed by atoms with E-state index in [1.165, 1.54) is 15.0 Å². The summed E-state index contributed by atoms with van der Waals surface area (Å²) in [6.07, 6.45) is 1.80.